The van der Waals surface area contributed by atoms with Crippen LogP contribution in [0.15, 0.2) is 34.1 Å². The number of amides is 2. The third kappa shape index (κ3) is 3.79. The van der Waals surface area contributed by atoms with Crippen LogP contribution in [-0.2, 0) is 15.8 Å². The first kappa shape index (κ1) is 19.4. The van der Waals surface area contributed by atoms with Gasteiger partial charge in [0.1, 0.15) is 0 Å². The number of fused-ring (bicyclic) bond motifs is 2. The molecule has 1 aromatic carbocycles. The van der Waals surface area contributed by atoms with Gasteiger partial charge in [0.05, 0.1) is 16.2 Å². The van der Waals surface area contributed by atoms with Gasteiger partial charge in [0, 0.05) is 23.6 Å². The van der Waals surface area contributed by atoms with Gasteiger partial charge < -0.3 is 10.2 Å². The largest absolute Gasteiger partial charge is 0.416 e. The fourth-order valence-electron chi connectivity index (χ4n) is 4.43. The Morgan fingerprint density at radius 3 is 2.71 bits per heavy atom. The number of hydrogen-bond donors (Lipinski definition) is 1. The molecule has 28 heavy (non-hydrogen) atoms. The maximum Gasteiger partial charge on any atom is 0.416 e. The summed E-state index contributed by atoms with van der Waals surface area (Å²) in [6.07, 6.45) is 3.47. The highest BCUT2D eigenvalue weighted by atomic mass is 32.2. The number of halogens is 3. The van der Waals surface area contributed by atoms with Gasteiger partial charge in [-0.25, -0.2) is 0 Å². The molecule has 1 N–H and O–H groups in total. The Morgan fingerprint density at radius 1 is 1.18 bits per heavy atom. The highest BCUT2D eigenvalue weighted by molar-refractivity contribution is 8.04. The molecular formula is C20H21F3N2O2S. The van der Waals surface area contributed by atoms with Crippen molar-refractivity contribution in [2.24, 2.45) is 5.92 Å². The number of alkyl halides is 3. The Bertz CT molecular complexity index is 835. The first-order valence-electron chi connectivity index (χ1n) is 9.55. The molecule has 1 saturated heterocycles. The van der Waals surface area contributed by atoms with Crippen molar-refractivity contribution in [1.29, 1.82) is 0 Å². The molecule has 1 aliphatic carbocycles. The molecule has 2 amide bonds. The molecule has 1 saturated carbocycles. The Balaban J connectivity index is 1.54. The van der Waals surface area contributed by atoms with Crippen molar-refractivity contribution in [3.8, 4) is 0 Å². The van der Waals surface area contributed by atoms with Gasteiger partial charge in [0.15, 0.2) is 0 Å². The second-order valence-corrected chi connectivity index (χ2v) is 8.64. The van der Waals surface area contributed by atoms with Crippen LogP contribution in [0.4, 0.5) is 18.9 Å². The van der Waals surface area contributed by atoms with E-state index >= 15 is 0 Å². The summed E-state index contributed by atoms with van der Waals surface area (Å²) in [6, 6.07) is 3.49. The maximum absolute atomic E-state index is 12.9. The molecular weight excluding hydrogens is 389 g/mol. The Hall–Kier alpha value is -1.96. The summed E-state index contributed by atoms with van der Waals surface area (Å²) in [5.74, 6) is -0.175. The number of anilines is 1. The predicted molar refractivity (Wildman–Crippen MR) is 101 cm³/mol. The zero-order valence-electron chi connectivity index (χ0n) is 15.2. The number of rotatable bonds is 1. The minimum Gasteiger partial charge on any atom is -0.336 e. The topological polar surface area (TPSA) is 49.4 Å². The highest BCUT2D eigenvalue weighted by Crippen LogP contribution is 2.42. The average molecular weight is 410 g/mol. The van der Waals surface area contributed by atoms with Crippen LogP contribution in [0.3, 0.4) is 0 Å². The molecule has 1 aromatic rings. The third-order valence-electron chi connectivity index (χ3n) is 5.78. The van der Waals surface area contributed by atoms with Gasteiger partial charge in [-0.2, -0.15) is 13.2 Å². The third-order valence-corrected chi connectivity index (χ3v) is 6.88. The normalized spacial score (nSPS) is 26.5. The van der Waals surface area contributed by atoms with Crippen molar-refractivity contribution in [3.63, 3.8) is 0 Å². The van der Waals surface area contributed by atoms with E-state index in [4.69, 9.17) is 0 Å². The van der Waals surface area contributed by atoms with E-state index in [1.807, 2.05) is 4.90 Å². The van der Waals surface area contributed by atoms with Gasteiger partial charge in [-0.1, -0.05) is 24.6 Å². The van der Waals surface area contributed by atoms with E-state index < -0.39 is 17.6 Å². The van der Waals surface area contributed by atoms with Crippen LogP contribution in [0.25, 0.3) is 0 Å². The molecule has 4 nitrogen and oxygen atoms in total. The fourth-order valence-corrected chi connectivity index (χ4v) is 5.33. The Labute approximate surface area is 165 Å². The summed E-state index contributed by atoms with van der Waals surface area (Å²) in [6.45, 7) is 0.696. The molecule has 2 unspecified atom stereocenters. The number of hydrogen-bond acceptors (Lipinski definition) is 3. The first-order chi connectivity index (χ1) is 13.3. The number of piperidine rings is 1. The maximum atomic E-state index is 12.9. The van der Waals surface area contributed by atoms with Crippen LogP contribution in [0.5, 0.6) is 0 Å². The standard InChI is InChI=1S/C20H21F3N2O2S/c21-20(22,23)13-7-8-16-14(10-13)24-19(27)17(28-16)11-18(26)25-9-3-5-12-4-1-2-6-15(12)25/h7-8,10-12,15H,1-6,9H2,(H,24,27)/b17-11+. The average Bonchev–Trinajstić information content (AvgIpc) is 2.67. The number of nitrogens with one attached hydrogen (secondary N) is 1. The molecule has 2 fully saturated rings. The molecule has 0 radical (unpaired) electrons. The van der Waals surface area contributed by atoms with Crippen LogP contribution < -0.4 is 5.32 Å². The number of carbonyl (C=O) groups is 2. The Morgan fingerprint density at radius 2 is 1.93 bits per heavy atom. The van der Waals surface area contributed by atoms with Crippen LogP contribution >= 0.6 is 11.8 Å². The monoisotopic (exact) mass is 410 g/mol. The number of carbonyl (C=O) groups excluding carboxylic acids is 2. The number of benzene rings is 1. The van der Waals surface area contributed by atoms with E-state index in [0.717, 1.165) is 56.0 Å². The molecule has 4 rings (SSSR count). The number of thioether (sulfide) groups is 1. The summed E-state index contributed by atoms with van der Waals surface area (Å²) in [5.41, 5.74) is -0.688. The van der Waals surface area contributed by atoms with Gasteiger partial charge in [0.2, 0.25) is 5.91 Å². The molecule has 0 aromatic heterocycles. The van der Waals surface area contributed by atoms with Crippen LogP contribution in [0, 0.1) is 5.92 Å². The summed E-state index contributed by atoms with van der Waals surface area (Å²) in [5, 5.41) is 2.49. The summed E-state index contributed by atoms with van der Waals surface area (Å²) in [4.78, 5) is 27.8. The molecule has 8 heteroatoms. The quantitative estimate of drug-likeness (QED) is 0.676. The second-order valence-electron chi connectivity index (χ2n) is 7.56. The van der Waals surface area contributed by atoms with Crippen molar-refractivity contribution in [2.45, 2.75) is 55.6 Å². The van der Waals surface area contributed by atoms with Crippen molar-refractivity contribution in [1.82, 2.24) is 4.90 Å². The fraction of sp³-hybridized carbons (Fsp3) is 0.500. The minimum absolute atomic E-state index is 0.125. The molecule has 0 spiro atoms. The molecule has 0 bridgehead atoms. The first-order valence-corrected chi connectivity index (χ1v) is 10.4. The predicted octanol–water partition coefficient (Wildman–Crippen LogP) is 4.81. The van der Waals surface area contributed by atoms with Crippen molar-refractivity contribution < 1.29 is 22.8 Å². The minimum atomic E-state index is -4.47. The lowest BCUT2D eigenvalue weighted by Crippen LogP contribution is -2.49. The number of nitrogens with zero attached hydrogens (tertiary/aromatic N) is 1. The summed E-state index contributed by atoms with van der Waals surface area (Å²) in [7, 11) is 0. The lowest BCUT2D eigenvalue weighted by molar-refractivity contribution is -0.137. The van der Waals surface area contributed by atoms with Gasteiger partial charge in [-0.15, -0.1) is 0 Å². The van der Waals surface area contributed by atoms with Crippen molar-refractivity contribution in [3.05, 3.63) is 34.7 Å². The smallest absolute Gasteiger partial charge is 0.336 e. The molecule has 2 heterocycles. The molecule has 3 aliphatic rings. The van der Waals surface area contributed by atoms with Gasteiger partial charge >= 0.3 is 6.18 Å². The van der Waals surface area contributed by atoms with Gasteiger partial charge in [0.25, 0.3) is 5.91 Å². The van der Waals surface area contributed by atoms with E-state index in [1.54, 1.807) is 0 Å². The van der Waals surface area contributed by atoms with Crippen LogP contribution in [0.2, 0.25) is 0 Å². The van der Waals surface area contributed by atoms with Gasteiger partial charge in [-0.3, -0.25) is 9.59 Å². The van der Waals surface area contributed by atoms with Crippen molar-refractivity contribution in [2.75, 3.05) is 11.9 Å². The zero-order chi connectivity index (χ0) is 19.9. The van der Waals surface area contributed by atoms with E-state index in [0.29, 0.717) is 17.4 Å². The van der Waals surface area contributed by atoms with Crippen molar-refractivity contribution >= 4 is 29.3 Å². The molecule has 2 atom stereocenters. The Kier molecular flexibility index (Phi) is 5.16. The van der Waals surface area contributed by atoms with Crippen LogP contribution in [-0.4, -0.2) is 29.3 Å². The lowest BCUT2D eigenvalue weighted by Gasteiger charge is -2.43. The van der Waals surface area contributed by atoms with Crippen LogP contribution in [0.1, 0.15) is 44.1 Å². The highest BCUT2D eigenvalue weighted by Gasteiger charge is 2.36. The van der Waals surface area contributed by atoms with E-state index in [1.165, 1.54) is 18.6 Å². The van der Waals surface area contributed by atoms with Gasteiger partial charge in [-0.05, 0) is 49.8 Å². The van der Waals surface area contributed by atoms with E-state index in [9.17, 15) is 22.8 Å². The van der Waals surface area contributed by atoms with E-state index in [2.05, 4.69) is 5.32 Å². The second kappa shape index (κ2) is 7.46. The number of likely N-dealkylation sites (tertiary alicyclic amines) is 1. The lowest BCUT2D eigenvalue weighted by atomic mass is 9.78. The molecule has 150 valence electrons. The summed E-state index contributed by atoms with van der Waals surface area (Å²) >= 11 is 1.04. The zero-order valence-corrected chi connectivity index (χ0v) is 16.0. The van der Waals surface area contributed by atoms with E-state index in [-0.39, 0.29) is 22.5 Å². The molecule has 2 aliphatic heterocycles. The summed E-state index contributed by atoms with van der Waals surface area (Å²) < 4.78 is 38.6. The SMILES string of the molecule is O=C1Nc2cc(C(F)(F)F)ccc2S/C1=C/C(=O)N1CCCC2CCCCC21.